The summed E-state index contributed by atoms with van der Waals surface area (Å²) in [7, 11) is 8.88. The van der Waals surface area contributed by atoms with Crippen LogP contribution in [0, 0.1) is 24.7 Å². The highest BCUT2D eigenvalue weighted by Gasteiger charge is 2.53. The number of cyclic esters (lactones) is 1. The fourth-order valence-electron chi connectivity index (χ4n) is 9.76. The first-order chi connectivity index (χ1) is 28.3. The molecule has 1 aromatic rings. The number of aromatic nitrogens is 1. The molecule has 4 heterocycles. The number of methoxy groups -OCH3 is 2. The zero-order valence-electron chi connectivity index (χ0n) is 39.7. The van der Waals surface area contributed by atoms with Crippen molar-refractivity contribution >= 4 is 5.97 Å². The number of likely N-dealkylation sites (N-methyl/N-ethyl adjacent to an activating group) is 2. The van der Waals surface area contributed by atoms with Gasteiger partial charge in [0.2, 0.25) is 5.88 Å². The van der Waals surface area contributed by atoms with Gasteiger partial charge in [0, 0.05) is 38.1 Å². The molecule has 1 aromatic heterocycles. The number of nitrogens with zero attached hydrogens (tertiary/aromatic N) is 3. The minimum absolute atomic E-state index is 0.126. The third kappa shape index (κ3) is 11.7. The molecule has 0 saturated carbocycles. The monoisotopic (exact) mass is 870 g/mol. The smallest absolute Gasteiger partial charge is 0.311 e. The number of pyridine rings is 1. The van der Waals surface area contributed by atoms with Crippen LogP contribution in [-0.2, 0) is 33.2 Å². The maximum Gasteiger partial charge on any atom is 0.311 e. The number of hydrogen-bond acceptors (Lipinski definition) is 16. The molecule has 3 aliphatic heterocycles. The van der Waals surface area contributed by atoms with E-state index in [9.17, 15) is 25.2 Å². The molecule has 3 aliphatic rings. The van der Waals surface area contributed by atoms with Crippen molar-refractivity contribution in [2.45, 2.75) is 192 Å². The van der Waals surface area contributed by atoms with Crippen molar-refractivity contribution in [2.24, 2.45) is 17.8 Å². The van der Waals surface area contributed by atoms with Gasteiger partial charge in [-0.2, -0.15) is 0 Å². The third-order valence-corrected chi connectivity index (χ3v) is 13.7. The van der Waals surface area contributed by atoms with Gasteiger partial charge in [-0.15, -0.1) is 0 Å². The van der Waals surface area contributed by atoms with Crippen LogP contribution in [0.2, 0.25) is 0 Å². The highest BCUT2D eigenvalue weighted by atomic mass is 16.7. The van der Waals surface area contributed by atoms with E-state index < -0.39 is 96.0 Å². The number of rotatable bonds is 10. The van der Waals surface area contributed by atoms with Gasteiger partial charge in [0.15, 0.2) is 18.7 Å². The molecule has 3 fully saturated rings. The van der Waals surface area contributed by atoms with Crippen LogP contribution < -0.4 is 9.47 Å². The number of carbonyl (C=O) groups is 1. The van der Waals surface area contributed by atoms with Crippen LogP contribution in [0.25, 0.3) is 0 Å². The third-order valence-electron chi connectivity index (χ3n) is 13.7. The number of aliphatic hydroxyl groups excluding tert-OH is 2. The quantitative estimate of drug-likeness (QED) is 0.249. The molecule has 352 valence electrons. The molecule has 0 spiro atoms. The maximum atomic E-state index is 14.5. The molecule has 16 heteroatoms. The first-order valence-corrected chi connectivity index (χ1v) is 22.0. The van der Waals surface area contributed by atoms with Gasteiger partial charge in [-0.25, -0.2) is 4.98 Å². The summed E-state index contributed by atoms with van der Waals surface area (Å²) in [4.78, 5) is 23.0. The van der Waals surface area contributed by atoms with Crippen LogP contribution in [0.5, 0.6) is 11.6 Å². The minimum atomic E-state index is -1.82. The summed E-state index contributed by atoms with van der Waals surface area (Å²) < 4.78 is 51.0. The second-order valence-corrected chi connectivity index (χ2v) is 19.2. The second-order valence-electron chi connectivity index (χ2n) is 19.2. The molecule has 0 aromatic carbocycles. The Hall–Kier alpha value is -2.22. The van der Waals surface area contributed by atoms with E-state index in [0.29, 0.717) is 30.3 Å². The van der Waals surface area contributed by atoms with E-state index in [1.165, 1.54) is 14.0 Å². The van der Waals surface area contributed by atoms with E-state index in [-0.39, 0.29) is 37.3 Å². The zero-order chi connectivity index (χ0) is 45.9. The van der Waals surface area contributed by atoms with Gasteiger partial charge in [-0.1, -0.05) is 20.8 Å². The van der Waals surface area contributed by atoms with Crippen LogP contribution in [0.1, 0.15) is 101 Å². The van der Waals surface area contributed by atoms with Crippen LogP contribution in [0.15, 0.2) is 12.1 Å². The fourth-order valence-corrected chi connectivity index (χ4v) is 9.76. The van der Waals surface area contributed by atoms with Crippen LogP contribution in [0.3, 0.4) is 0 Å². The number of carbonyl (C=O) groups excluding carboxylic acids is 1. The van der Waals surface area contributed by atoms with E-state index >= 15 is 0 Å². The Morgan fingerprint density at radius 3 is 2.18 bits per heavy atom. The summed E-state index contributed by atoms with van der Waals surface area (Å²) in [5, 5.41) is 47.5. The second kappa shape index (κ2) is 20.7. The molecule has 0 aliphatic carbocycles. The average Bonchev–Trinajstić information content (AvgIpc) is 3.19. The largest absolute Gasteiger partial charge is 0.482 e. The Morgan fingerprint density at radius 1 is 0.951 bits per heavy atom. The summed E-state index contributed by atoms with van der Waals surface area (Å²) in [6.45, 7) is 20.1. The van der Waals surface area contributed by atoms with Crippen LogP contribution in [-0.4, -0.2) is 173 Å². The first kappa shape index (κ1) is 51.4. The van der Waals surface area contributed by atoms with Gasteiger partial charge >= 0.3 is 5.97 Å². The van der Waals surface area contributed by atoms with E-state index in [4.69, 9.17) is 37.9 Å². The number of esters is 1. The van der Waals surface area contributed by atoms with Gasteiger partial charge in [-0.3, -0.25) is 4.79 Å². The SMILES string of the molecule is CC[C@H]1OC(=O)[C@H](C)[C@@H](O[C@H]2C[C@@](C)(OC)[C@@H](O)[C@H](C)O2)[C@H](C)[C@@H](O[C@@H]2O[C@H](C)C[C@H](N(C)C)[C@H]2Oc2ccc(OC)nc2C)[C@](C)(O)C[C@@H](C)CN(C)[C@H](C)[C@@H](O)[C@]1(C)O. The standard InChI is InChI=1S/C45H79N3O13/c1-17-33-45(11,53)38(49)29(7)48(14)23-24(2)21-43(9,52)40(26(4)36(27(5)41(51)59-33)60-35-22-44(10,55-16)39(50)30(8)57-35)61-42-37(31(47(12)13)20-25(3)56-42)58-32-18-19-34(54-15)46-28(32)6/h18-19,24-27,29-31,33,35-40,42,49-50,52-53H,17,20-23H2,1-16H3/t24-,25-,26+,27-,29-,30+,31+,33-,35+,36+,37-,38-,39+,40-,42+,43-,44-,45-/m1/s1. The number of hydrogen-bond donors (Lipinski definition) is 4. The molecule has 61 heavy (non-hydrogen) atoms. The predicted octanol–water partition coefficient (Wildman–Crippen LogP) is 3.70. The molecular formula is C45H79N3O13. The Balaban J connectivity index is 1.88. The van der Waals surface area contributed by atoms with Gasteiger partial charge in [0.1, 0.15) is 29.7 Å². The van der Waals surface area contributed by atoms with E-state index in [2.05, 4.69) is 9.88 Å². The topological polar surface area (TPSA) is 191 Å². The van der Waals surface area contributed by atoms with Crippen molar-refractivity contribution in [3.8, 4) is 11.6 Å². The Kier molecular flexibility index (Phi) is 17.5. The maximum absolute atomic E-state index is 14.5. The highest BCUT2D eigenvalue weighted by Crippen LogP contribution is 2.41. The molecule has 0 bridgehead atoms. The highest BCUT2D eigenvalue weighted by molar-refractivity contribution is 5.73. The molecular weight excluding hydrogens is 791 g/mol. The number of aryl methyl sites for hydroxylation is 1. The Labute approximate surface area is 364 Å². The lowest BCUT2D eigenvalue weighted by atomic mass is 9.77. The molecule has 0 radical (unpaired) electrons. The average molecular weight is 870 g/mol. The summed E-state index contributed by atoms with van der Waals surface area (Å²) in [6.07, 6.45) is -7.84. The van der Waals surface area contributed by atoms with Gasteiger partial charge in [-0.05, 0) is 108 Å². The molecule has 4 rings (SSSR count). The van der Waals surface area contributed by atoms with E-state index in [0.717, 1.165) is 0 Å². The lowest BCUT2D eigenvalue weighted by molar-refractivity contribution is -0.316. The normalized spacial score (nSPS) is 43.9. The van der Waals surface area contributed by atoms with Gasteiger partial charge in [0.25, 0.3) is 0 Å². The lowest BCUT2D eigenvalue weighted by Gasteiger charge is -2.49. The van der Waals surface area contributed by atoms with Crippen molar-refractivity contribution < 1.29 is 63.1 Å². The molecule has 18 atom stereocenters. The number of aliphatic hydroxyl groups is 4. The summed E-state index contributed by atoms with van der Waals surface area (Å²) in [5.74, 6) is -1.67. The van der Waals surface area contributed by atoms with Crippen LogP contribution in [0.4, 0.5) is 0 Å². The molecule has 0 amide bonds. The Morgan fingerprint density at radius 2 is 1.61 bits per heavy atom. The lowest BCUT2D eigenvalue weighted by Crippen LogP contribution is -2.61. The minimum Gasteiger partial charge on any atom is -0.482 e. The van der Waals surface area contributed by atoms with Crippen molar-refractivity contribution in [1.29, 1.82) is 0 Å². The van der Waals surface area contributed by atoms with Gasteiger partial charge in [0.05, 0.1) is 60.4 Å². The summed E-state index contributed by atoms with van der Waals surface area (Å²) in [6, 6.07) is 2.79. The molecule has 16 nitrogen and oxygen atoms in total. The van der Waals surface area contributed by atoms with E-state index in [1.54, 1.807) is 53.9 Å². The predicted molar refractivity (Wildman–Crippen MR) is 228 cm³/mol. The Bertz CT molecular complexity index is 1570. The van der Waals surface area contributed by atoms with E-state index in [1.807, 2.05) is 60.7 Å². The summed E-state index contributed by atoms with van der Waals surface area (Å²) >= 11 is 0. The molecule has 3 saturated heterocycles. The molecule has 4 N–H and O–H groups in total. The van der Waals surface area contributed by atoms with Crippen LogP contribution >= 0.6 is 0 Å². The fraction of sp³-hybridized carbons (Fsp3) is 0.867. The molecule has 0 unspecified atom stereocenters. The van der Waals surface area contributed by atoms with Crippen molar-refractivity contribution in [3.63, 3.8) is 0 Å². The zero-order valence-corrected chi connectivity index (χ0v) is 39.7. The van der Waals surface area contributed by atoms with Crippen molar-refractivity contribution in [2.75, 3.05) is 41.9 Å². The first-order valence-electron chi connectivity index (χ1n) is 22.0. The van der Waals surface area contributed by atoms with Gasteiger partial charge < -0.3 is 68.1 Å². The summed E-state index contributed by atoms with van der Waals surface area (Å²) in [5.41, 5.74) is -3.82. The number of ether oxygens (including phenoxy) is 8. The van der Waals surface area contributed by atoms with Crippen molar-refractivity contribution in [3.05, 3.63) is 17.8 Å². The van der Waals surface area contributed by atoms with Crippen molar-refractivity contribution in [1.82, 2.24) is 14.8 Å².